The van der Waals surface area contributed by atoms with Crippen LogP contribution in [0.4, 0.5) is 0 Å². The fourth-order valence-corrected chi connectivity index (χ4v) is 3.02. The molecule has 0 N–H and O–H groups in total. The van der Waals surface area contributed by atoms with E-state index in [9.17, 15) is 0 Å². The molecule has 0 saturated heterocycles. The van der Waals surface area contributed by atoms with Gasteiger partial charge in [-0.15, -0.1) is 16.4 Å². The summed E-state index contributed by atoms with van der Waals surface area (Å²) in [5.41, 5.74) is 3.12. The van der Waals surface area contributed by atoms with E-state index in [0.29, 0.717) is 5.92 Å². The number of benzene rings is 1. The number of thiophene rings is 1. The monoisotopic (exact) mass is 269 g/mol. The Balaban J connectivity index is 2.06. The molecule has 0 atom stereocenters. The lowest BCUT2D eigenvalue weighted by atomic mass is 10.0. The summed E-state index contributed by atoms with van der Waals surface area (Å²) in [4.78, 5) is 1.21. The molecule has 0 radical (unpaired) electrons. The molecule has 0 saturated carbocycles. The zero-order valence-corrected chi connectivity index (χ0v) is 11.8. The van der Waals surface area contributed by atoms with Gasteiger partial charge < -0.3 is 0 Å². The van der Waals surface area contributed by atoms with Crippen LogP contribution in [0.1, 0.15) is 18.7 Å². The highest BCUT2D eigenvalue weighted by molar-refractivity contribution is 7.15. The largest absolute Gasteiger partial charge is 0.203 e. The average Bonchev–Trinajstić information content (AvgIpc) is 3.03. The van der Waals surface area contributed by atoms with Crippen LogP contribution in [0.3, 0.4) is 0 Å². The maximum absolute atomic E-state index is 4.23. The van der Waals surface area contributed by atoms with Crippen molar-refractivity contribution in [3.8, 4) is 5.00 Å². The van der Waals surface area contributed by atoms with E-state index in [4.69, 9.17) is 0 Å². The third kappa shape index (κ3) is 2.08. The number of rotatable bonds is 3. The van der Waals surface area contributed by atoms with Crippen LogP contribution in [-0.4, -0.2) is 15.0 Å². The molecule has 2 aromatic heterocycles. The van der Waals surface area contributed by atoms with Crippen molar-refractivity contribution in [1.29, 1.82) is 0 Å². The van der Waals surface area contributed by atoms with Crippen LogP contribution in [0.25, 0.3) is 21.6 Å². The molecule has 0 unspecified atom stereocenters. The van der Waals surface area contributed by atoms with Crippen molar-refractivity contribution in [2.75, 3.05) is 0 Å². The van der Waals surface area contributed by atoms with E-state index in [-0.39, 0.29) is 0 Å². The second-order valence-electron chi connectivity index (χ2n) is 4.81. The predicted molar refractivity (Wildman–Crippen MR) is 80.6 cm³/mol. The van der Waals surface area contributed by atoms with E-state index in [0.717, 1.165) is 16.0 Å². The number of nitrogens with zero attached hydrogens (tertiary/aromatic N) is 3. The van der Waals surface area contributed by atoms with Gasteiger partial charge in [0.05, 0.1) is 5.52 Å². The van der Waals surface area contributed by atoms with E-state index in [1.54, 1.807) is 11.3 Å². The van der Waals surface area contributed by atoms with Crippen molar-refractivity contribution >= 4 is 27.9 Å². The molecule has 19 heavy (non-hydrogen) atoms. The molecule has 0 spiro atoms. The zero-order chi connectivity index (χ0) is 13.4. The summed E-state index contributed by atoms with van der Waals surface area (Å²) in [6.07, 6.45) is 0. The molecule has 0 aliphatic rings. The minimum absolute atomic E-state index is 0.457. The van der Waals surface area contributed by atoms with Gasteiger partial charge in [0, 0.05) is 4.88 Å². The second kappa shape index (κ2) is 4.63. The molecular weight excluding hydrogens is 254 g/mol. The van der Waals surface area contributed by atoms with Crippen LogP contribution < -0.4 is 0 Å². The molecule has 3 nitrogen and oxygen atoms in total. The van der Waals surface area contributed by atoms with E-state index >= 15 is 0 Å². The van der Waals surface area contributed by atoms with Crippen LogP contribution in [0.15, 0.2) is 43.0 Å². The van der Waals surface area contributed by atoms with Gasteiger partial charge in [-0.05, 0) is 35.8 Å². The van der Waals surface area contributed by atoms with E-state index < -0.39 is 0 Å². The molecule has 4 heteroatoms. The standard InChI is InChI=1S/C15H15N3S/c1-10(2)11(3)14-8-9-15(19-14)18-13-7-5-4-6-12(13)16-17-18/h4-10H,3H2,1-2H3. The van der Waals surface area contributed by atoms with Gasteiger partial charge in [-0.1, -0.05) is 37.8 Å². The Labute approximate surface area is 116 Å². The lowest BCUT2D eigenvalue weighted by molar-refractivity contribution is 0.835. The van der Waals surface area contributed by atoms with Crippen molar-refractivity contribution in [1.82, 2.24) is 15.0 Å². The summed E-state index contributed by atoms with van der Waals surface area (Å²) in [5, 5.41) is 9.49. The fourth-order valence-electron chi connectivity index (χ4n) is 1.93. The van der Waals surface area contributed by atoms with Crippen LogP contribution in [0.5, 0.6) is 0 Å². The van der Waals surface area contributed by atoms with Crippen molar-refractivity contribution in [2.24, 2.45) is 5.92 Å². The summed E-state index contributed by atoms with van der Waals surface area (Å²) in [5.74, 6) is 0.457. The first-order chi connectivity index (χ1) is 9.16. The summed E-state index contributed by atoms with van der Waals surface area (Å²) in [6, 6.07) is 12.2. The summed E-state index contributed by atoms with van der Waals surface area (Å²) < 4.78 is 1.89. The van der Waals surface area contributed by atoms with Crippen molar-refractivity contribution in [2.45, 2.75) is 13.8 Å². The first-order valence-corrected chi connectivity index (χ1v) is 7.08. The average molecular weight is 269 g/mol. The Kier molecular flexibility index (Phi) is 2.95. The Morgan fingerprint density at radius 1 is 1.21 bits per heavy atom. The molecule has 0 amide bonds. The number of aromatic nitrogens is 3. The van der Waals surface area contributed by atoms with Gasteiger partial charge in [-0.25, -0.2) is 4.68 Å². The van der Waals surface area contributed by atoms with Gasteiger partial charge in [0.2, 0.25) is 0 Å². The van der Waals surface area contributed by atoms with Gasteiger partial charge >= 0.3 is 0 Å². The molecule has 96 valence electrons. The molecule has 1 aromatic carbocycles. The highest BCUT2D eigenvalue weighted by Crippen LogP contribution is 2.30. The molecular formula is C15H15N3S. The zero-order valence-electron chi connectivity index (χ0n) is 11.0. The predicted octanol–water partition coefficient (Wildman–Crippen LogP) is 4.15. The molecule has 3 rings (SSSR count). The molecule has 0 fully saturated rings. The van der Waals surface area contributed by atoms with Gasteiger partial charge in [0.15, 0.2) is 0 Å². The third-order valence-electron chi connectivity index (χ3n) is 3.17. The smallest absolute Gasteiger partial charge is 0.120 e. The maximum atomic E-state index is 4.23. The Bertz CT molecular complexity index is 737. The maximum Gasteiger partial charge on any atom is 0.120 e. The number of hydrogen-bond acceptors (Lipinski definition) is 3. The summed E-state index contributed by atoms with van der Waals surface area (Å²) in [6.45, 7) is 8.47. The minimum Gasteiger partial charge on any atom is -0.203 e. The molecule has 2 heterocycles. The topological polar surface area (TPSA) is 30.7 Å². The van der Waals surface area contributed by atoms with Crippen LogP contribution in [0, 0.1) is 5.92 Å². The lowest BCUT2D eigenvalue weighted by Gasteiger charge is -2.05. The number of fused-ring (bicyclic) bond motifs is 1. The lowest BCUT2D eigenvalue weighted by Crippen LogP contribution is -1.92. The molecule has 0 aliphatic heterocycles. The summed E-state index contributed by atoms with van der Waals surface area (Å²) >= 11 is 1.70. The van der Waals surface area contributed by atoms with Crippen LogP contribution >= 0.6 is 11.3 Å². The van der Waals surface area contributed by atoms with Crippen molar-refractivity contribution in [3.05, 3.63) is 47.9 Å². The van der Waals surface area contributed by atoms with Gasteiger partial charge in [-0.2, -0.15) is 0 Å². The first kappa shape index (κ1) is 12.1. The van der Waals surface area contributed by atoms with Crippen molar-refractivity contribution < 1.29 is 0 Å². The second-order valence-corrected chi connectivity index (χ2v) is 5.87. The normalized spacial score (nSPS) is 11.3. The van der Waals surface area contributed by atoms with E-state index in [1.165, 1.54) is 10.5 Å². The van der Waals surface area contributed by atoms with Gasteiger partial charge in [-0.3, -0.25) is 0 Å². The van der Waals surface area contributed by atoms with Crippen molar-refractivity contribution in [3.63, 3.8) is 0 Å². The van der Waals surface area contributed by atoms with Gasteiger partial charge in [0.1, 0.15) is 10.5 Å². The summed E-state index contributed by atoms with van der Waals surface area (Å²) in [7, 11) is 0. The Morgan fingerprint density at radius 3 is 2.79 bits per heavy atom. The highest BCUT2D eigenvalue weighted by Gasteiger charge is 2.11. The van der Waals surface area contributed by atoms with E-state index in [1.807, 2.05) is 28.9 Å². The quantitative estimate of drug-likeness (QED) is 0.715. The van der Waals surface area contributed by atoms with Crippen LogP contribution in [-0.2, 0) is 0 Å². The van der Waals surface area contributed by atoms with Crippen LogP contribution in [0.2, 0.25) is 0 Å². The minimum atomic E-state index is 0.457. The number of para-hydroxylation sites is 1. The third-order valence-corrected chi connectivity index (χ3v) is 4.30. The molecule has 3 aromatic rings. The number of allylic oxidation sites excluding steroid dienone is 1. The fraction of sp³-hybridized carbons (Fsp3) is 0.200. The van der Waals surface area contributed by atoms with Gasteiger partial charge in [0.25, 0.3) is 0 Å². The SMILES string of the molecule is C=C(c1ccc(-n2nnc3ccccc32)s1)C(C)C. The Morgan fingerprint density at radius 2 is 2.00 bits per heavy atom. The Hall–Kier alpha value is -1.94. The molecule has 0 aliphatic carbocycles. The molecule has 0 bridgehead atoms. The number of hydrogen-bond donors (Lipinski definition) is 0. The first-order valence-electron chi connectivity index (χ1n) is 6.26. The highest BCUT2D eigenvalue weighted by atomic mass is 32.1. The van der Waals surface area contributed by atoms with E-state index in [2.05, 4.69) is 42.9 Å².